The Hall–Kier alpha value is -2.49. The summed E-state index contributed by atoms with van der Waals surface area (Å²) in [7, 11) is 1.58. The Morgan fingerprint density at radius 2 is 2.09 bits per heavy atom. The largest absolute Gasteiger partial charge is 0.492 e. The van der Waals surface area contributed by atoms with Gasteiger partial charge in [0.25, 0.3) is 0 Å². The van der Waals surface area contributed by atoms with Crippen LogP contribution in [-0.2, 0) is 0 Å². The van der Waals surface area contributed by atoms with Crippen molar-refractivity contribution < 1.29 is 18.7 Å². The smallest absolute Gasteiger partial charge is 0.189 e. The molecular weight excluding hydrogens is 280 g/mol. The van der Waals surface area contributed by atoms with Crippen molar-refractivity contribution in [2.45, 2.75) is 20.8 Å². The lowest BCUT2D eigenvalue weighted by Crippen LogP contribution is -1.97. The van der Waals surface area contributed by atoms with Gasteiger partial charge in [-0.1, -0.05) is 12.1 Å². The number of rotatable bonds is 6. The highest BCUT2D eigenvalue weighted by Crippen LogP contribution is 2.32. The second-order valence-corrected chi connectivity index (χ2v) is 4.84. The fourth-order valence-electron chi connectivity index (χ4n) is 2.28. The molecule has 0 aliphatic carbocycles. The van der Waals surface area contributed by atoms with Crippen molar-refractivity contribution in [3.05, 3.63) is 53.0 Å². The molecule has 0 spiro atoms. The molecule has 4 heteroatoms. The van der Waals surface area contributed by atoms with Crippen LogP contribution in [0.25, 0.3) is 6.08 Å². The van der Waals surface area contributed by atoms with Crippen LogP contribution in [0.1, 0.15) is 34.4 Å². The first-order valence-electron chi connectivity index (χ1n) is 7.16. The molecule has 0 aliphatic heterocycles. The number of para-hydroxylation sites is 1. The summed E-state index contributed by atoms with van der Waals surface area (Å²) in [6.45, 7) is 6.07. The molecule has 1 aromatic carbocycles. The van der Waals surface area contributed by atoms with Crippen LogP contribution >= 0.6 is 0 Å². The van der Waals surface area contributed by atoms with Gasteiger partial charge in [-0.25, -0.2) is 0 Å². The molecule has 0 amide bonds. The van der Waals surface area contributed by atoms with Crippen molar-refractivity contribution in [3.8, 4) is 11.5 Å². The van der Waals surface area contributed by atoms with Crippen LogP contribution < -0.4 is 9.47 Å². The molecule has 0 fully saturated rings. The molecule has 2 rings (SSSR count). The molecule has 22 heavy (non-hydrogen) atoms. The zero-order valence-corrected chi connectivity index (χ0v) is 13.3. The molecule has 0 aliphatic rings. The van der Waals surface area contributed by atoms with Crippen molar-refractivity contribution in [2.24, 2.45) is 0 Å². The summed E-state index contributed by atoms with van der Waals surface area (Å²) in [5.74, 6) is 2.54. The van der Waals surface area contributed by atoms with Crippen LogP contribution in [0.4, 0.5) is 0 Å². The van der Waals surface area contributed by atoms with E-state index in [1.165, 1.54) is 6.08 Å². The van der Waals surface area contributed by atoms with Crippen molar-refractivity contribution in [3.63, 3.8) is 0 Å². The minimum absolute atomic E-state index is 0.0989. The van der Waals surface area contributed by atoms with Crippen LogP contribution in [0, 0.1) is 13.8 Å². The number of aryl methyl sites for hydroxylation is 2. The number of hydrogen-bond donors (Lipinski definition) is 0. The summed E-state index contributed by atoms with van der Waals surface area (Å²) in [5.41, 5.74) is 1.37. The third-order valence-corrected chi connectivity index (χ3v) is 3.23. The quantitative estimate of drug-likeness (QED) is 0.592. The van der Waals surface area contributed by atoms with Crippen molar-refractivity contribution in [2.75, 3.05) is 13.7 Å². The van der Waals surface area contributed by atoms with E-state index in [0.717, 1.165) is 11.3 Å². The minimum Gasteiger partial charge on any atom is -0.492 e. The Balaban J connectivity index is 2.28. The van der Waals surface area contributed by atoms with Crippen molar-refractivity contribution in [1.29, 1.82) is 0 Å². The molecular formula is C18H20O4. The van der Waals surface area contributed by atoms with Crippen molar-refractivity contribution in [1.82, 2.24) is 0 Å². The predicted octanol–water partition coefficient (Wildman–Crippen LogP) is 4.20. The molecule has 0 radical (unpaired) electrons. The molecule has 0 bridgehead atoms. The van der Waals surface area contributed by atoms with E-state index in [2.05, 4.69) is 0 Å². The maximum Gasteiger partial charge on any atom is 0.189 e. The average molecular weight is 300 g/mol. The van der Waals surface area contributed by atoms with Gasteiger partial charge in [-0.3, -0.25) is 4.79 Å². The predicted molar refractivity (Wildman–Crippen MR) is 85.7 cm³/mol. The van der Waals surface area contributed by atoms with Gasteiger partial charge in [0.05, 0.1) is 19.3 Å². The Morgan fingerprint density at radius 3 is 2.68 bits per heavy atom. The molecule has 0 N–H and O–H groups in total. The Bertz CT molecular complexity index is 695. The maximum absolute atomic E-state index is 12.2. The zero-order chi connectivity index (χ0) is 16.1. The second kappa shape index (κ2) is 6.98. The zero-order valence-electron chi connectivity index (χ0n) is 13.3. The summed E-state index contributed by atoms with van der Waals surface area (Å²) < 4.78 is 16.3. The summed E-state index contributed by atoms with van der Waals surface area (Å²) in [6, 6.07) is 7.32. The van der Waals surface area contributed by atoms with E-state index in [1.54, 1.807) is 26.2 Å². The number of hydrogen-bond acceptors (Lipinski definition) is 4. The van der Waals surface area contributed by atoms with Crippen molar-refractivity contribution >= 4 is 11.9 Å². The first kappa shape index (κ1) is 15.9. The van der Waals surface area contributed by atoms with Crippen LogP contribution in [0.5, 0.6) is 11.5 Å². The number of ketones is 1. The molecule has 4 nitrogen and oxygen atoms in total. The highest BCUT2D eigenvalue weighted by molar-refractivity contribution is 6.07. The molecule has 0 saturated heterocycles. The SMILES string of the molecule is CCOc1cccc(/C=C/C(=O)c2cc(C)oc2C)c1OC. The van der Waals surface area contributed by atoms with Crippen LogP contribution in [0.15, 0.2) is 34.8 Å². The lowest BCUT2D eigenvalue weighted by Gasteiger charge is -2.11. The number of methoxy groups -OCH3 is 1. The van der Waals surface area contributed by atoms with E-state index < -0.39 is 0 Å². The summed E-state index contributed by atoms with van der Waals surface area (Å²) in [5, 5.41) is 0. The van der Waals surface area contributed by atoms with Gasteiger partial charge < -0.3 is 13.9 Å². The number of carbonyl (C=O) groups excluding carboxylic acids is 1. The number of ether oxygens (including phenoxy) is 2. The maximum atomic E-state index is 12.2. The standard InChI is InChI=1S/C18H20O4/c1-5-21-17-8-6-7-14(18(17)20-4)9-10-16(19)15-11-12(2)22-13(15)3/h6-11H,5H2,1-4H3/b10-9+. The van der Waals surface area contributed by atoms with Gasteiger partial charge in [0.1, 0.15) is 11.5 Å². The monoisotopic (exact) mass is 300 g/mol. The third kappa shape index (κ3) is 3.39. The van der Waals surface area contributed by atoms with E-state index in [4.69, 9.17) is 13.9 Å². The number of benzene rings is 1. The highest BCUT2D eigenvalue weighted by Gasteiger charge is 2.12. The van der Waals surface area contributed by atoms with Gasteiger partial charge in [0, 0.05) is 5.56 Å². The number of furan rings is 1. The minimum atomic E-state index is -0.0989. The normalized spacial score (nSPS) is 10.9. The van der Waals surface area contributed by atoms with Gasteiger partial charge >= 0.3 is 0 Å². The van der Waals surface area contributed by atoms with Gasteiger partial charge in [-0.2, -0.15) is 0 Å². The lowest BCUT2D eigenvalue weighted by atomic mass is 10.1. The fourth-order valence-corrected chi connectivity index (χ4v) is 2.28. The molecule has 1 aromatic heterocycles. The average Bonchev–Trinajstić information content (AvgIpc) is 2.84. The fraction of sp³-hybridized carbons (Fsp3) is 0.278. The van der Waals surface area contributed by atoms with Crippen LogP contribution in [-0.4, -0.2) is 19.5 Å². The van der Waals surface area contributed by atoms with Crippen LogP contribution in [0.3, 0.4) is 0 Å². The van der Waals surface area contributed by atoms with E-state index in [1.807, 2.05) is 32.0 Å². The number of carbonyl (C=O) groups is 1. The Morgan fingerprint density at radius 1 is 1.32 bits per heavy atom. The molecule has 1 heterocycles. The topological polar surface area (TPSA) is 48.7 Å². The highest BCUT2D eigenvalue weighted by atomic mass is 16.5. The molecule has 116 valence electrons. The molecule has 2 aromatic rings. The van der Waals surface area contributed by atoms with Crippen LogP contribution in [0.2, 0.25) is 0 Å². The van der Waals surface area contributed by atoms with Gasteiger partial charge in [0.2, 0.25) is 0 Å². The van der Waals surface area contributed by atoms with Gasteiger partial charge in [-0.05, 0) is 45.1 Å². The molecule has 0 atom stereocenters. The van der Waals surface area contributed by atoms with E-state index in [9.17, 15) is 4.79 Å². The Kier molecular flexibility index (Phi) is 5.04. The van der Waals surface area contributed by atoms with Gasteiger partial charge in [0.15, 0.2) is 17.3 Å². The third-order valence-electron chi connectivity index (χ3n) is 3.23. The summed E-state index contributed by atoms with van der Waals surface area (Å²) in [4.78, 5) is 12.2. The van der Waals surface area contributed by atoms with E-state index >= 15 is 0 Å². The summed E-state index contributed by atoms with van der Waals surface area (Å²) in [6.07, 6.45) is 3.25. The van der Waals surface area contributed by atoms with Gasteiger partial charge in [-0.15, -0.1) is 0 Å². The number of allylic oxidation sites excluding steroid dienone is 1. The first-order valence-corrected chi connectivity index (χ1v) is 7.16. The van der Waals surface area contributed by atoms with E-state index in [-0.39, 0.29) is 5.78 Å². The second-order valence-electron chi connectivity index (χ2n) is 4.84. The first-order chi connectivity index (χ1) is 10.6. The lowest BCUT2D eigenvalue weighted by molar-refractivity contribution is 0.104. The molecule has 0 unspecified atom stereocenters. The Labute approximate surface area is 130 Å². The summed E-state index contributed by atoms with van der Waals surface area (Å²) >= 11 is 0. The molecule has 0 saturated carbocycles. The van der Waals surface area contributed by atoms with E-state index in [0.29, 0.717) is 29.4 Å².